The van der Waals surface area contributed by atoms with Gasteiger partial charge in [0.1, 0.15) is 5.54 Å². The van der Waals surface area contributed by atoms with Gasteiger partial charge >= 0.3 is 5.97 Å². The summed E-state index contributed by atoms with van der Waals surface area (Å²) in [6.07, 6.45) is 1.19. The SMILES string of the molecule is CC[C@@]1(C(=O)O)Cc2ccccc2CN1. The third-order valence-corrected chi connectivity index (χ3v) is 3.24. The average molecular weight is 205 g/mol. The summed E-state index contributed by atoms with van der Waals surface area (Å²) in [4.78, 5) is 11.3. The Bertz CT molecular complexity index is 389. The zero-order chi connectivity index (χ0) is 10.9. The lowest BCUT2D eigenvalue weighted by Crippen LogP contribution is -2.55. The highest BCUT2D eigenvalue weighted by Crippen LogP contribution is 2.25. The van der Waals surface area contributed by atoms with Crippen molar-refractivity contribution in [1.82, 2.24) is 5.32 Å². The second-order valence-electron chi connectivity index (χ2n) is 4.04. The molecule has 0 saturated carbocycles. The van der Waals surface area contributed by atoms with Crippen LogP contribution >= 0.6 is 0 Å². The third kappa shape index (κ3) is 1.63. The average Bonchev–Trinajstić information content (AvgIpc) is 2.28. The molecule has 15 heavy (non-hydrogen) atoms. The number of hydrogen-bond acceptors (Lipinski definition) is 2. The summed E-state index contributed by atoms with van der Waals surface area (Å²) in [6.45, 7) is 2.56. The van der Waals surface area contributed by atoms with Crippen LogP contribution in [-0.4, -0.2) is 16.6 Å². The predicted octanol–water partition coefficient (Wildman–Crippen LogP) is 1.57. The molecule has 80 valence electrons. The maximum absolute atomic E-state index is 11.3. The molecule has 0 bridgehead atoms. The van der Waals surface area contributed by atoms with E-state index in [0.717, 1.165) is 5.56 Å². The van der Waals surface area contributed by atoms with E-state index in [9.17, 15) is 9.90 Å². The fourth-order valence-electron chi connectivity index (χ4n) is 2.11. The molecule has 1 heterocycles. The van der Waals surface area contributed by atoms with Gasteiger partial charge in [-0.05, 0) is 17.5 Å². The minimum atomic E-state index is -0.769. The predicted molar refractivity (Wildman–Crippen MR) is 57.6 cm³/mol. The molecule has 0 aliphatic carbocycles. The van der Waals surface area contributed by atoms with Crippen molar-refractivity contribution in [3.63, 3.8) is 0 Å². The molecule has 0 spiro atoms. The molecule has 1 aliphatic heterocycles. The first-order chi connectivity index (χ1) is 7.18. The number of aliphatic carboxylic acids is 1. The fourth-order valence-corrected chi connectivity index (χ4v) is 2.11. The molecule has 0 unspecified atom stereocenters. The van der Waals surface area contributed by atoms with E-state index >= 15 is 0 Å². The van der Waals surface area contributed by atoms with Crippen molar-refractivity contribution in [2.45, 2.75) is 31.8 Å². The highest BCUT2D eigenvalue weighted by atomic mass is 16.4. The zero-order valence-corrected chi connectivity index (χ0v) is 8.79. The van der Waals surface area contributed by atoms with Crippen LogP contribution in [0, 0.1) is 0 Å². The first-order valence-corrected chi connectivity index (χ1v) is 5.23. The van der Waals surface area contributed by atoms with Crippen molar-refractivity contribution < 1.29 is 9.90 Å². The first-order valence-electron chi connectivity index (χ1n) is 5.23. The van der Waals surface area contributed by atoms with Gasteiger partial charge in [0.25, 0.3) is 0 Å². The van der Waals surface area contributed by atoms with Crippen LogP contribution in [0.2, 0.25) is 0 Å². The standard InChI is InChI=1S/C12H15NO2/c1-2-12(11(14)15)7-9-5-3-4-6-10(9)8-13-12/h3-6,13H,2,7-8H2,1H3,(H,14,15)/t12-/m0/s1. The minimum Gasteiger partial charge on any atom is -0.480 e. The van der Waals surface area contributed by atoms with Crippen molar-refractivity contribution >= 4 is 5.97 Å². The van der Waals surface area contributed by atoms with Gasteiger partial charge in [0, 0.05) is 13.0 Å². The topological polar surface area (TPSA) is 49.3 Å². The van der Waals surface area contributed by atoms with E-state index < -0.39 is 11.5 Å². The van der Waals surface area contributed by atoms with Crippen LogP contribution in [-0.2, 0) is 17.8 Å². The van der Waals surface area contributed by atoms with Gasteiger partial charge in [-0.25, -0.2) is 0 Å². The number of benzene rings is 1. The molecule has 1 aliphatic rings. The quantitative estimate of drug-likeness (QED) is 0.770. The molecule has 3 nitrogen and oxygen atoms in total. The summed E-state index contributed by atoms with van der Waals surface area (Å²) in [7, 11) is 0. The van der Waals surface area contributed by atoms with E-state index in [1.54, 1.807) is 0 Å². The summed E-state index contributed by atoms with van der Waals surface area (Å²) in [5.74, 6) is -0.750. The number of carboxylic acids is 1. The van der Waals surface area contributed by atoms with Crippen molar-refractivity contribution in [2.75, 3.05) is 0 Å². The van der Waals surface area contributed by atoms with Crippen LogP contribution in [0.25, 0.3) is 0 Å². The molecular weight excluding hydrogens is 190 g/mol. The number of carboxylic acid groups (broad SMARTS) is 1. The monoisotopic (exact) mass is 205 g/mol. The maximum Gasteiger partial charge on any atom is 0.324 e. The number of hydrogen-bond donors (Lipinski definition) is 2. The summed E-state index contributed by atoms with van der Waals surface area (Å²) in [5.41, 5.74) is 1.59. The van der Waals surface area contributed by atoms with Gasteiger partial charge in [-0.1, -0.05) is 31.2 Å². The van der Waals surface area contributed by atoms with Gasteiger partial charge in [-0.15, -0.1) is 0 Å². The van der Waals surface area contributed by atoms with E-state index in [1.165, 1.54) is 5.56 Å². The van der Waals surface area contributed by atoms with E-state index in [4.69, 9.17) is 0 Å². The lowest BCUT2D eigenvalue weighted by molar-refractivity contribution is -0.145. The second-order valence-corrected chi connectivity index (χ2v) is 4.04. The maximum atomic E-state index is 11.3. The Morgan fingerprint density at radius 2 is 2.13 bits per heavy atom. The second kappa shape index (κ2) is 3.66. The Morgan fingerprint density at radius 1 is 1.47 bits per heavy atom. The Balaban J connectivity index is 2.35. The normalized spacial score (nSPS) is 24.6. The van der Waals surface area contributed by atoms with Gasteiger partial charge in [-0.2, -0.15) is 0 Å². The van der Waals surface area contributed by atoms with Crippen LogP contribution in [0.1, 0.15) is 24.5 Å². The van der Waals surface area contributed by atoms with E-state index in [2.05, 4.69) is 5.32 Å². The van der Waals surface area contributed by atoms with Crippen molar-refractivity contribution in [3.8, 4) is 0 Å². The first kappa shape index (κ1) is 10.2. The molecular formula is C12H15NO2. The highest BCUT2D eigenvalue weighted by molar-refractivity contribution is 5.79. The molecule has 0 saturated heterocycles. The number of nitrogens with one attached hydrogen (secondary N) is 1. The van der Waals surface area contributed by atoms with E-state index in [-0.39, 0.29) is 0 Å². The van der Waals surface area contributed by atoms with Gasteiger partial charge in [0.15, 0.2) is 0 Å². The minimum absolute atomic E-state index is 0.578. The Morgan fingerprint density at radius 3 is 2.73 bits per heavy atom. The summed E-state index contributed by atoms with van der Waals surface area (Å²) in [6, 6.07) is 8.01. The van der Waals surface area contributed by atoms with Crippen molar-refractivity contribution in [3.05, 3.63) is 35.4 Å². The van der Waals surface area contributed by atoms with Crippen molar-refractivity contribution in [1.29, 1.82) is 0 Å². The number of carbonyl (C=O) groups is 1. The van der Waals surface area contributed by atoms with Crippen LogP contribution in [0.5, 0.6) is 0 Å². The van der Waals surface area contributed by atoms with Gasteiger partial charge < -0.3 is 5.11 Å². The molecule has 0 radical (unpaired) electrons. The molecule has 1 aromatic carbocycles. The molecule has 0 amide bonds. The number of rotatable bonds is 2. The summed E-state index contributed by atoms with van der Waals surface area (Å²) in [5, 5.41) is 12.4. The fraction of sp³-hybridized carbons (Fsp3) is 0.417. The molecule has 1 aromatic rings. The summed E-state index contributed by atoms with van der Waals surface area (Å²) < 4.78 is 0. The van der Waals surface area contributed by atoms with Crippen LogP contribution in [0.4, 0.5) is 0 Å². The highest BCUT2D eigenvalue weighted by Gasteiger charge is 2.39. The molecule has 2 N–H and O–H groups in total. The molecule has 0 aromatic heterocycles. The smallest absolute Gasteiger partial charge is 0.324 e. The van der Waals surface area contributed by atoms with Gasteiger partial charge in [-0.3, -0.25) is 10.1 Å². The Kier molecular flexibility index (Phi) is 2.49. The third-order valence-electron chi connectivity index (χ3n) is 3.24. The van der Waals surface area contributed by atoms with E-state index in [1.807, 2.05) is 31.2 Å². The number of fused-ring (bicyclic) bond motifs is 1. The van der Waals surface area contributed by atoms with Crippen LogP contribution in [0.15, 0.2) is 24.3 Å². The zero-order valence-electron chi connectivity index (χ0n) is 8.79. The van der Waals surface area contributed by atoms with Crippen LogP contribution < -0.4 is 5.32 Å². The largest absolute Gasteiger partial charge is 0.480 e. The summed E-state index contributed by atoms with van der Waals surface area (Å²) >= 11 is 0. The van der Waals surface area contributed by atoms with Gasteiger partial charge in [0.05, 0.1) is 0 Å². The Hall–Kier alpha value is -1.35. The molecule has 0 fully saturated rings. The molecule has 3 heteroatoms. The van der Waals surface area contributed by atoms with Crippen molar-refractivity contribution in [2.24, 2.45) is 0 Å². The molecule has 1 atom stereocenters. The Labute approximate surface area is 89.1 Å². The lowest BCUT2D eigenvalue weighted by Gasteiger charge is -2.34. The van der Waals surface area contributed by atoms with E-state index in [0.29, 0.717) is 19.4 Å². The van der Waals surface area contributed by atoms with Gasteiger partial charge in [0.2, 0.25) is 0 Å². The molecule has 2 rings (SSSR count). The lowest BCUT2D eigenvalue weighted by atomic mass is 9.83. The van der Waals surface area contributed by atoms with Crippen LogP contribution in [0.3, 0.4) is 0 Å².